The summed E-state index contributed by atoms with van der Waals surface area (Å²) in [4.78, 5) is 0. The Morgan fingerprint density at radius 3 is 2.35 bits per heavy atom. The van der Waals surface area contributed by atoms with Crippen molar-refractivity contribution in [3.8, 4) is 0 Å². The van der Waals surface area contributed by atoms with Crippen molar-refractivity contribution in [2.75, 3.05) is 46.7 Å². The molecule has 0 aromatic heterocycles. The summed E-state index contributed by atoms with van der Waals surface area (Å²) in [6.45, 7) is 3.76. The highest BCUT2D eigenvalue weighted by atomic mass is 79.9. The average Bonchev–Trinajstić information content (AvgIpc) is 2.47. The van der Waals surface area contributed by atoms with Gasteiger partial charge in [0, 0.05) is 18.2 Å². The van der Waals surface area contributed by atoms with Crippen LogP contribution in [0.2, 0.25) is 0 Å². The lowest BCUT2D eigenvalue weighted by Crippen LogP contribution is -2.16. The van der Waals surface area contributed by atoms with Gasteiger partial charge in [-0.25, -0.2) is 0 Å². The first kappa shape index (κ1) is 17.6. The van der Waals surface area contributed by atoms with E-state index in [0.29, 0.717) is 45.5 Å². The van der Waals surface area contributed by atoms with Gasteiger partial charge in [-0.2, -0.15) is 0 Å². The van der Waals surface area contributed by atoms with Gasteiger partial charge in [-0.15, -0.1) is 0 Å². The molecule has 0 radical (unpaired) electrons. The van der Waals surface area contributed by atoms with Crippen LogP contribution in [0.25, 0.3) is 0 Å². The van der Waals surface area contributed by atoms with Crippen molar-refractivity contribution in [2.24, 2.45) is 5.73 Å². The molecule has 1 aromatic rings. The van der Waals surface area contributed by atoms with Gasteiger partial charge in [0.2, 0.25) is 0 Å². The molecule has 1 aromatic carbocycles. The maximum absolute atomic E-state index is 5.85. The van der Waals surface area contributed by atoms with Gasteiger partial charge in [-0.05, 0) is 30.5 Å². The summed E-state index contributed by atoms with van der Waals surface area (Å²) in [6.07, 6.45) is 0.914. The number of rotatable bonds is 11. The zero-order valence-corrected chi connectivity index (χ0v) is 13.6. The molecular formula is C15H24BrNO3. The molecule has 0 amide bonds. The van der Waals surface area contributed by atoms with E-state index in [9.17, 15) is 0 Å². The van der Waals surface area contributed by atoms with Gasteiger partial charge in [-0.3, -0.25) is 0 Å². The summed E-state index contributed by atoms with van der Waals surface area (Å²) in [6, 6.07) is 8.19. The van der Waals surface area contributed by atoms with Gasteiger partial charge in [-0.1, -0.05) is 34.1 Å². The predicted octanol–water partition coefficient (Wildman–Crippen LogP) is 2.56. The van der Waals surface area contributed by atoms with E-state index in [2.05, 4.69) is 22.0 Å². The van der Waals surface area contributed by atoms with E-state index in [1.165, 1.54) is 5.56 Å². The van der Waals surface area contributed by atoms with E-state index in [4.69, 9.17) is 19.9 Å². The van der Waals surface area contributed by atoms with E-state index in [1.54, 1.807) is 7.11 Å². The van der Waals surface area contributed by atoms with Crippen LogP contribution in [0, 0.1) is 0 Å². The fourth-order valence-electron chi connectivity index (χ4n) is 1.90. The number of methoxy groups -OCH3 is 1. The van der Waals surface area contributed by atoms with Crippen molar-refractivity contribution < 1.29 is 14.2 Å². The van der Waals surface area contributed by atoms with Crippen LogP contribution in [-0.2, 0) is 14.2 Å². The van der Waals surface area contributed by atoms with Crippen LogP contribution >= 0.6 is 15.9 Å². The highest BCUT2D eigenvalue weighted by Gasteiger charge is 2.12. The lowest BCUT2D eigenvalue weighted by atomic mass is 9.96. The van der Waals surface area contributed by atoms with E-state index in [-0.39, 0.29) is 0 Å². The van der Waals surface area contributed by atoms with Gasteiger partial charge in [0.25, 0.3) is 0 Å². The lowest BCUT2D eigenvalue weighted by molar-refractivity contribution is 0.0234. The molecule has 20 heavy (non-hydrogen) atoms. The van der Waals surface area contributed by atoms with Crippen LogP contribution in [0.1, 0.15) is 17.9 Å². The normalized spacial score (nSPS) is 12.6. The van der Waals surface area contributed by atoms with E-state index < -0.39 is 0 Å². The summed E-state index contributed by atoms with van der Waals surface area (Å²) < 4.78 is 16.9. The Balaban J connectivity index is 2.18. The quantitative estimate of drug-likeness (QED) is 0.626. The maximum atomic E-state index is 5.85. The average molecular weight is 346 g/mol. The fraction of sp³-hybridized carbons (Fsp3) is 0.600. The van der Waals surface area contributed by atoms with Gasteiger partial charge >= 0.3 is 0 Å². The maximum Gasteiger partial charge on any atom is 0.0701 e. The molecular weight excluding hydrogens is 322 g/mol. The summed E-state index contributed by atoms with van der Waals surface area (Å²) >= 11 is 3.57. The first-order valence-electron chi connectivity index (χ1n) is 6.88. The minimum Gasteiger partial charge on any atom is -0.382 e. The molecule has 0 saturated heterocycles. The minimum atomic E-state index is 0.319. The van der Waals surface area contributed by atoms with Gasteiger partial charge in [0.15, 0.2) is 0 Å². The van der Waals surface area contributed by atoms with Crippen molar-refractivity contribution in [2.45, 2.75) is 12.3 Å². The van der Waals surface area contributed by atoms with E-state index in [1.807, 2.05) is 18.2 Å². The molecule has 0 aliphatic heterocycles. The topological polar surface area (TPSA) is 53.7 Å². The third kappa shape index (κ3) is 6.81. The third-order valence-corrected chi connectivity index (χ3v) is 3.77. The summed E-state index contributed by atoms with van der Waals surface area (Å²) in [5.74, 6) is 0.319. The van der Waals surface area contributed by atoms with Gasteiger partial charge in [0.1, 0.15) is 0 Å². The summed E-state index contributed by atoms with van der Waals surface area (Å²) in [7, 11) is 1.66. The molecule has 0 heterocycles. The monoisotopic (exact) mass is 345 g/mol. The Morgan fingerprint density at radius 2 is 1.70 bits per heavy atom. The fourth-order valence-corrected chi connectivity index (χ4v) is 2.50. The highest BCUT2D eigenvalue weighted by molar-refractivity contribution is 9.10. The van der Waals surface area contributed by atoms with Crippen LogP contribution in [0.3, 0.4) is 0 Å². The molecule has 1 rings (SSSR count). The number of hydrogen-bond donors (Lipinski definition) is 1. The second-order valence-corrected chi connectivity index (χ2v) is 5.31. The zero-order chi connectivity index (χ0) is 14.6. The van der Waals surface area contributed by atoms with Crippen LogP contribution < -0.4 is 5.73 Å². The molecule has 1 unspecified atom stereocenters. The van der Waals surface area contributed by atoms with Crippen molar-refractivity contribution in [3.63, 3.8) is 0 Å². The number of nitrogens with two attached hydrogens (primary N) is 1. The molecule has 0 aliphatic rings. The number of hydrogen-bond acceptors (Lipinski definition) is 4. The molecule has 2 N–H and O–H groups in total. The Kier molecular flexibility index (Phi) is 9.87. The van der Waals surface area contributed by atoms with Crippen molar-refractivity contribution >= 4 is 15.9 Å². The van der Waals surface area contributed by atoms with Crippen LogP contribution in [0.15, 0.2) is 28.7 Å². The summed E-state index contributed by atoms with van der Waals surface area (Å²) in [5, 5.41) is 0. The number of halogens is 1. The SMILES string of the molecule is COCCOCCOCCC(CN)c1ccccc1Br. The number of ether oxygens (including phenoxy) is 3. The lowest BCUT2D eigenvalue weighted by Gasteiger charge is -2.16. The molecule has 0 aliphatic carbocycles. The Hall–Kier alpha value is -0.460. The van der Waals surface area contributed by atoms with Crippen molar-refractivity contribution in [3.05, 3.63) is 34.3 Å². The molecule has 0 fully saturated rings. The third-order valence-electron chi connectivity index (χ3n) is 3.04. The Labute approximate surface area is 129 Å². The predicted molar refractivity (Wildman–Crippen MR) is 84.1 cm³/mol. The van der Waals surface area contributed by atoms with Crippen molar-refractivity contribution in [1.82, 2.24) is 0 Å². The van der Waals surface area contributed by atoms with Crippen LogP contribution in [0.4, 0.5) is 0 Å². The Morgan fingerprint density at radius 1 is 1.05 bits per heavy atom. The first-order chi connectivity index (χ1) is 9.79. The largest absolute Gasteiger partial charge is 0.382 e. The van der Waals surface area contributed by atoms with Crippen LogP contribution in [-0.4, -0.2) is 46.7 Å². The zero-order valence-electron chi connectivity index (χ0n) is 12.0. The second-order valence-electron chi connectivity index (χ2n) is 4.46. The van der Waals surface area contributed by atoms with Crippen molar-refractivity contribution in [1.29, 1.82) is 0 Å². The van der Waals surface area contributed by atoms with Crippen LogP contribution in [0.5, 0.6) is 0 Å². The molecule has 0 saturated carbocycles. The molecule has 1 atom stereocenters. The van der Waals surface area contributed by atoms with Gasteiger partial charge < -0.3 is 19.9 Å². The standard InChI is InChI=1S/C15H24BrNO3/c1-18-8-9-20-11-10-19-7-6-13(12-17)14-4-2-3-5-15(14)16/h2-5,13H,6-12,17H2,1H3. The molecule has 0 spiro atoms. The molecule has 114 valence electrons. The highest BCUT2D eigenvalue weighted by Crippen LogP contribution is 2.26. The number of benzene rings is 1. The van der Waals surface area contributed by atoms with E-state index in [0.717, 1.165) is 10.9 Å². The van der Waals surface area contributed by atoms with Gasteiger partial charge in [0.05, 0.1) is 26.4 Å². The van der Waals surface area contributed by atoms with E-state index >= 15 is 0 Å². The summed E-state index contributed by atoms with van der Waals surface area (Å²) in [5.41, 5.74) is 7.10. The first-order valence-corrected chi connectivity index (χ1v) is 7.67. The molecule has 0 bridgehead atoms. The molecule has 4 nitrogen and oxygen atoms in total. The second kappa shape index (κ2) is 11.2. The minimum absolute atomic E-state index is 0.319. The molecule has 5 heteroatoms. The smallest absolute Gasteiger partial charge is 0.0701 e. The Bertz CT molecular complexity index is 363.